The van der Waals surface area contributed by atoms with Crippen molar-refractivity contribution < 1.29 is 0 Å². The lowest BCUT2D eigenvalue weighted by molar-refractivity contribution is 0.807. The molecule has 0 aliphatic heterocycles. The van der Waals surface area contributed by atoms with Gasteiger partial charge in [0.1, 0.15) is 0 Å². The molecule has 1 fully saturated rings. The lowest BCUT2D eigenvalue weighted by Gasteiger charge is -2.10. The van der Waals surface area contributed by atoms with Crippen molar-refractivity contribution in [2.45, 2.75) is 25.2 Å². The second kappa shape index (κ2) is 3.77. The highest BCUT2D eigenvalue weighted by Gasteiger charge is 2.20. The maximum Gasteiger partial charge on any atom is 0.0406 e. The highest BCUT2D eigenvalue weighted by molar-refractivity contribution is 6.40. The van der Waals surface area contributed by atoms with Gasteiger partial charge in [0.05, 0.1) is 0 Å². The van der Waals surface area contributed by atoms with Crippen LogP contribution < -0.4 is 0 Å². The zero-order chi connectivity index (χ0) is 9.26. The quantitative estimate of drug-likeness (QED) is 0.620. The first-order valence-electron chi connectivity index (χ1n) is 4.60. The van der Waals surface area contributed by atoms with Gasteiger partial charge in [-0.3, -0.25) is 0 Å². The van der Waals surface area contributed by atoms with Gasteiger partial charge in [0, 0.05) is 20.8 Å². The maximum absolute atomic E-state index is 5.84. The van der Waals surface area contributed by atoms with E-state index in [-0.39, 0.29) is 0 Å². The zero-order valence-corrected chi connectivity index (χ0v) is 9.14. The molecule has 1 aliphatic rings. The van der Waals surface area contributed by atoms with E-state index in [0.717, 1.165) is 5.02 Å². The first kappa shape index (κ1) is 9.16. The average molecular weight is 207 g/mol. The zero-order valence-electron chi connectivity index (χ0n) is 7.39. The Balaban J connectivity index is 2.25. The van der Waals surface area contributed by atoms with Gasteiger partial charge >= 0.3 is 0 Å². The largest absolute Gasteiger partial charge is 0.0843 e. The molecule has 1 atom stereocenters. The average Bonchev–Trinajstić information content (AvgIpc) is 2.53. The molecule has 0 bridgehead atoms. The Labute approximate surface area is 87.0 Å². The lowest BCUT2D eigenvalue weighted by Crippen LogP contribution is -2.04. The van der Waals surface area contributed by atoms with Gasteiger partial charge in [-0.15, -0.1) is 0 Å². The van der Waals surface area contributed by atoms with Gasteiger partial charge in [0.2, 0.25) is 0 Å². The SMILES string of the molecule is [Si]=C1CCC[C@@H]1c1ccc(Cl)cc1. The van der Waals surface area contributed by atoms with Crippen LogP contribution in [-0.2, 0) is 0 Å². The van der Waals surface area contributed by atoms with Gasteiger partial charge in [-0.2, -0.15) is 0 Å². The standard InChI is InChI=1S/C11H11ClSi/c12-9-6-4-8(5-7-9)10-2-1-3-11(10)13/h4-7,10H,1-3H2/t10-/m1/s1. The van der Waals surface area contributed by atoms with Crippen LogP contribution >= 0.6 is 11.6 Å². The van der Waals surface area contributed by atoms with E-state index in [1.807, 2.05) is 12.1 Å². The first-order chi connectivity index (χ1) is 6.27. The van der Waals surface area contributed by atoms with Crippen LogP contribution in [0.15, 0.2) is 24.3 Å². The summed E-state index contributed by atoms with van der Waals surface area (Å²) >= 11 is 5.84. The topological polar surface area (TPSA) is 0 Å². The first-order valence-corrected chi connectivity index (χ1v) is 5.48. The summed E-state index contributed by atoms with van der Waals surface area (Å²) in [6, 6.07) is 8.18. The fraction of sp³-hybridized carbons (Fsp3) is 0.364. The summed E-state index contributed by atoms with van der Waals surface area (Å²) in [6.07, 6.45) is 3.77. The molecule has 0 saturated heterocycles. The van der Waals surface area contributed by atoms with Gasteiger partial charge in [-0.1, -0.05) is 28.9 Å². The summed E-state index contributed by atoms with van der Waals surface area (Å²) in [5, 5.41) is 2.25. The van der Waals surface area contributed by atoms with Gasteiger partial charge in [-0.25, -0.2) is 0 Å². The van der Waals surface area contributed by atoms with E-state index in [4.69, 9.17) is 11.6 Å². The summed E-state index contributed by atoms with van der Waals surface area (Å²) in [4.78, 5) is 0. The molecule has 0 heterocycles. The number of hydrogen-bond acceptors (Lipinski definition) is 0. The van der Waals surface area contributed by atoms with E-state index in [1.165, 1.54) is 30.0 Å². The van der Waals surface area contributed by atoms with E-state index in [9.17, 15) is 0 Å². The van der Waals surface area contributed by atoms with Crippen molar-refractivity contribution >= 4 is 26.6 Å². The van der Waals surface area contributed by atoms with Crippen LogP contribution in [0.1, 0.15) is 30.7 Å². The highest BCUT2D eigenvalue weighted by atomic mass is 35.5. The van der Waals surface area contributed by atoms with Crippen LogP contribution in [-0.4, -0.2) is 15.0 Å². The molecule has 0 nitrogen and oxygen atoms in total. The second-order valence-electron chi connectivity index (χ2n) is 3.52. The molecule has 0 amide bonds. The molecule has 0 unspecified atom stereocenters. The van der Waals surface area contributed by atoms with Crippen LogP contribution in [0.2, 0.25) is 5.02 Å². The van der Waals surface area contributed by atoms with Crippen LogP contribution in [0.4, 0.5) is 0 Å². The van der Waals surface area contributed by atoms with Crippen molar-refractivity contribution in [2.75, 3.05) is 0 Å². The Bertz CT molecular complexity index is 315. The second-order valence-corrected chi connectivity index (χ2v) is 4.60. The third kappa shape index (κ3) is 1.92. The molecule has 13 heavy (non-hydrogen) atoms. The monoisotopic (exact) mass is 206 g/mol. The number of rotatable bonds is 1. The lowest BCUT2D eigenvalue weighted by atomic mass is 9.98. The molecule has 2 radical (unpaired) electrons. The van der Waals surface area contributed by atoms with E-state index in [1.54, 1.807) is 0 Å². The number of halogens is 1. The molecule has 0 aromatic heterocycles. The number of benzene rings is 1. The third-order valence-electron chi connectivity index (χ3n) is 2.63. The van der Waals surface area contributed by atoms with Crippen LogP contribution in [0.5, 0.6) is 0 Å². The van der Waals surface area contributed by atoms with Gasteiger partial charge in [0.25, 0.3) is 0 Å². The van der Waals surface area contributed by atoms with Crippen molar-refractivity contribution in [3.63, 3.8) is 0 Å². The van der Waals surface area contributed by atoms with Crippen molar-refractivity contribution in [1.82, 2.24) is 0 Å². The summed E-state index contributed by atoms with van der Waals surface area (Å²) in [7, 11) is 3.69. The van der Waals surface area contributed by atoms with Gasteiger partial charge in [0.15, 0.2) is 0 Å². The van der Waals surface area contributed by atoms with E-state index < -0.39 is 0 Å². The predicted molar refractivity (Wildman–Crippen MR) is 58.8 cm³/mol. The van der Waals surface area contributed by atoms with Crippen LogP contribution in [0.3, 0.4) is 0 Å². The molecule has 0 spiro atoms. The van der Waals surface area contributed by atoms with Crippen LogP contribution in [0.25, 0.3) is 0 Å². The molecule has 0 N–H and O–H groups in total. The Kier molecular flexibility index (Phi) is 2.65. The van der Waals surface area contributed by atoms with Crippen molar-refractivity contribution in [1.29, 1.82) is 0 Å². The Morgan fingerprint density at radius 2 is 1.92 bits per heavy atom. The normalized spacial score (nSPS) is 22.2. The molecular weight excluding hydrogens is 196 g/mol. The van der Waals surface area contributed by atoms with E-state index in [2.05, 4.69) is 22.0 Å². The van der Waals surface area contributed by atoms with E-state index >= 15 is 0 Å². The fourth-order valence-electron chi connectivity index (χ4n) is 1.91. The Hall–Kier alpha value is -0.403. The molecule has 2 heteroatoms. The van der Waals surface area contributed by atoms with E-state index in [0.29, 0.717) is 5.92 Å². The summed E-state index contributed by atoms with van der Waals surface area (Å²) in [5.74, 6) is 0.605. The minimum absolute atomic E-state index is 0.605. The predicted octanol–water partition coefficient (Wildman–Crippen LogP) is 2.95. The molecule has 66 valence electrons. The summed E-state index contributed by atoms with van der Waals surface area (Å²) in [6.45, 7) is 0. The Morgan fingerprint density at radius 3 is 2.46 bits per heavy atom. The maximum atomic E-state index is 5.84. The molecule has 1 saturated carbocycles. The minimum Gasteiger partial charge on any atom is -0.0843 e. The summed E-state index contributed by atoms with van der Waals surface area (Å²) < 4.78 is 0. The molecule has 1 aromatic carbocycles. The van der Waals surface area contributed by atoms with Crippen LogP contribution in [0, 0.1) is 0 Å². The molecule has 2 rings (SSSR count). The van der Waals surface area contributed by atoms with Gasteiger partial charge < -0.3 is 0 Å². The summed E-state index contributed by atoms with van der Waals surface area (Å²) in [5.41, 5.74) is 1.38. The van der Waals surface area contributed by atoms with Crippen molar-refractivity contribution in [2.24, 2.45) is 0 Å². The van der Waals surface area contributed by atoms with Crippen molar-refractivity contribution in [3.8, 4) is 0 Å². The Morgan fingerprint density at radius 1 is 1.23 bits per heavy atom. The third-order valence-corrected chi connectivity index (χ3v) is 3.48. The number of hydrogen-bond donors (Lipinski definition) is 0. The highest BCUT2D eigenvalue weighted by Crippen LogP contribution is 2.31. The molecular formula is C11H11ClSi. The van der Waals surface area contributed by atoms with Gasteiger partial charge in [-0.05, 0) is 37.0 Å². The molecule has 1 aliphatic carbocycles. The minimum atomic E-state index is 0.605. The van der Waals surface area contributed by atoms with Crippen molar-refractivity contribution in [3.05, 3.63) is 34.9 Å². The molecule has 1 aromatic rings. The fourth-order valence-corrected chi connectivity index (χ4v) is 2.52. The smallest absolute Gasteiger partial charge is 0.0406 e.